The van der Waals surface area contributed by atoms with E-state index in [9.17, 15) is 4.79 Å². The van der Waals surface area contributed by atoms with E-state index in [-0.39, 0.29) is 12.5 Å². The molecule has 0 aliphatic heterocycles. The Bertz CT molecular complexity index is 888. The lowest BCUT2D eigenvalue weighted by atomic mass is 10.1. The van der Waals surface area contributed by atoms with E-state index in [1.807, 2.05) is 61.7 Å². The molecule has 3 rings (SSSR count). The third-order valence-corrected chi connectivity index (χ3v) is 4.74. The summed E-state index contributed by atoms with van der Waals surface area (Å²) in [6, 6.07) is 13.3. The third-order valence-electron chi connectivity index (χ3n) is 3.66. The monoisotopic (exact) mass is 372 g/mol. The quantitative estimate of drug-likeness (QED) is 0.678. The highest BCUT2D eigenvalue weighted by atomic mass is 35.5. The lowest BCUT2D eigenvalue weighted by Gasteiger charge is -2.11. The number of nitrogens with zero attached hydrogens (tertiary/aromatic N) is 1. The van der Waals surface area contributed by atoms with Crippen molar-refractivity contribution in [3.8, 4) is 17.0 Å². The average molecular weight is 373 g/mol. The second-order valence-electron chi connectivity index (χ2n) is 5.58. The van der Waals surface area contributed by atoms with Crippen molar-refractivity contribution in [1.29, 1.82) is 0 Å². The molecule has 6 heteroatoms. The van der Waals surface area contributed by atoms with Crippen molar-refractivity contribution in [1.82, 2.24) is 4.98 Å². The van der Waals surface area contributed by atoms with E-state index in [0.29, 0.717) is 10.2 Å². The topological polar surface area (TPSA) is 51.2 Å². The summed E-state index contributed by atoms with van der Waals surface area (Å²) < 4.78 is 5.66. The summed E-state index contributed by atoms with van der Waals surface area (Å²) in [6.45, 7) is 3.85. The Morgan fingerprint density at radius 2 is 1.88 bits per heavy atom. The predicted molar refractivity (Wildman–Crippen MR) is 103 cm³/mol. The van der Waals surface area contributed by atoms with Gasteiger partial charge in [-0.3, -0.25) is 10.1 Å². The molecule has 4 nitrogen and oxygen atoms in total. The number of aromatic nitrogens is 1. The van der Waals surface area contributed by atoms with Gasteiger partial charge in [0.25, 0.3) is 5.91 Å². The van der Waals surface area contributed by atoms with Gasteiger partial charge < -0.3 is 4.74 Å². The van der Waals surface area contributed by atoms with Crippen LogP contribution in [0, 0.1) is 13.8 Å². The molecule has 128 valence electrons. The molecular weight excluding hydrogens is 356 g/mol. The molecule has 0 radical (unpaired) electrons. The number of carbonyl (C=O) groups excluding carboxylic acids is 1. The number of rotatable bonds is 5. The molecule has 1 amide bonds. The standard InChI is InChI=1S/C19H17ClN2O2S/c1-12-6-5-7-13(2)18(12)24-10-17(23)22-19-21-16(11-25-19)14-8-3-4-9-15(14)20/h3-9,11H,10H2,1-2H3,(H,21,22,23). The van der Waals surface area contributed by atoms with E-state index in [1.54, 1.807) is 0 Å². The van der Waals surface area contributed by atoms with Gasteiger partial charge in [0, 0.05) is 16.0 Å². The molecule has 0 fully saturated rings. The Morgan fingerprint density at radius 3 is 2.60 bits per heavy atom. The number of para-hydroxylation sites is 1. The fourth-order valence-electron chi connectivity index (χ4n) is 2.44. The van der Waals surface area contributed by atoms with E-state index in [0.717, 1.165) is 28.1 Å². The molecule has 1 heterocycles. The molecule has 0 unspecified atom stereocenters. The highest BCUT2D eigenvalue weighted by Crippen LogP contribution is 2.30. The molecule has 25 heavy (non-hydrogen) atoms. The van der Waals surface area contributed by atoms with Crippen molar-refractivity contribution in [2.24, 2.45) is 0 Å². The number of halogens is 1. The summed E-state index contributed by atoms with van der Waals surface area (Å²) in [5, 5.41) is 5.77. The Morgan fingerprint density at radius 1 is 1.16 bits per heavy atom. The molecule has 0 saturated carbocycles. The van der Waals surface area contributed by atoms with Crippen molar-refractivity contribution < 1.29 is 9.53 Å². The smallest absolute Gasteiger partial charge is 0.264 e. The van der Waals surface area contributed by atoms with Gasteiger partial charge in [-0.05, 0) is 31.0 Å². The van der Waals surface area contributed by atoms with Crippen molar-refractivity contribution in [2.45, 2.75) is 13.8 Å². The highest BCUT2D eigenvalue weighted by Gasteiger charge is 2.11. The minimum Gasteiger partial charge on any atom is -0.483 e. The van der Waals surface area contributed by atoms with Crippen LogP contribution in [0.1, 0.15) is 11.1 Å². The van der Waals surface area contributed by atoms with Gasteiger partial charge in [0.15, 0.2) is 11.7 Å². The number of anilines is 1. The molecule has 0 bridgehead atoms. The fourth-order valence-corrected chi connectivity index (χ4v) is 3.40. The maximum Gasteiger partial charge on any atom is 0.264 e. The summed E-state index contributed by atoms with van der Waals surface area (Å²) in [4.78, 5) is 16.5. The number of amides is 1. The average Bonchev–Trinajstić information content (AvgIpc) is 3.03. The minimum absolute atomic E-state index is 0.0628. The van der Waals surface area contributed by atoms with Crippen LogP contribution in [-0.4, -0.2) is 17.5 Å². The van der Waals surface area contributed by atoms with Crippen molar-refractivity contribution >= 4 is 34.0 Å². The number of thiazole rings is 1. The fraction of sp³-hybridized carbons (Fsp3) is 0.158. The van der Waals surface area contributed by atoms with Crippen LogP contribution in [0.2, 0.25) is 5.02 Å². The van der Waals surface area contributed by atoms with Crippen LogP contribution in [-0.2, 0) is 4.79 Å². The maximum absolute atomic E-state index is 12.1. The molecule has 0 spiro atoms. The van der Waals surface area contributed by atoms with E-state index in [2.05, 4.69) is 10.3 Å². The van der Waals surface area contributed by atoms with Gasteiger partial charge in [0.05, 0.1) is 5.69 Å². The molecular formula is C19H17ClN2O2S. The second-order valence-corrected chi connectivity index (χ2v) is 6.84. The summed E-state index contributed by atoms with van der Waals surface area (Å²) in [6.07, 6.45) is 0. The molecule has 0 atom stereocenters. The maximum atomic E-state index is 12.1. The van der Waals surface area contributed by atoms with E-state index in [1.165, 1.54) is 11.3 Å². The minimum atomic E-state index is -0.247. The Labute approximate surface area is 155 Å². The van der Waals surface area contributed by atoms with Gasteiger partial charge in [-0.25, -0.2) is 4.98 Å². The van der Waals surface area contributed by atoms with Gasteiger partial charge in [0.2, 0.25) is 0 Å². The number of hydrogen-bond donors (Lipinski definition) is 1. The number of carbonyl (C=O) groups is 1. The third kappa shape index (κ3) is 4.18. The number of hydrogen-bond acceptors (Lipinski definition) is 4. The van der Waals surface area contributed by atoms with Gasteiger partial charge >= 0.3 is 0 Å². The Balaban J connectivity index is 1.63. The number of ether oxygens (including phenoxy) is 1. The molecule has 1 aromatic heterocycles. The lowest BCUT2D eigenvalue weighted by molar-refractivity contribution is -0.118. The van der Waals surface area contributed by atoms with Gasteiger partial charge in [-0.2, -0.15) is 0 Å². The van der Waals surface area contributed by atoms with Crippen molar-refractivity contribution in [3.05, 3.63) is 64.0 Å². The van der Waals surface area contributed by atoms with E-state index < -0.39 is 0 Å². The summed E-state index contributed by atoms with van der Waals surface area (Å²) >= 11 is 7.53. The van der Waals surface area contributed by atoms with Crippen LogP contribution in [0.3, 0.4) is 0 Å². The Kier molecular flexibility index (Phi) is 5.36. The number of aryl methyl sites for hydroxylation is 2. The SMILES string of the molecule is Cc1cccc(C)c1OCC(=O)Nc1nc(-c2ccccc2Cl)cs1. The first-order valence-corrected chi connectivity index (χ1v) is 8.99. The summed E-state index contributed by atoms with van der Waals surface area (Å²) in [5.41, 5.74) is 3.58. The van der Waals surface area contributed by atoms with Crippen LogP contribution in [0.15, 0.2) is 47.8 Å². The highest BCUT2D eigenvalue weighted by molar-refractivity contribution is 7.14. The first kappa shape index (κ1) is 17.5. The normalized spacial score (nSPS) is 10.5. The van der Waals surface area contributed by atoms with Crippen molar-refractivity contribution in [2.75, 3.05) is 11.9 Å². The molecule has 0 aliphatic rings. The second kappa shape index (κ2) is 7.68. The van der Waals surface area contributed by atoms with Crippen molar-refractivity contribution in [3.63, 3.8) is 0 Å². The molecule has 3 aromatic rings. The van der Waals surface area contributed by atoms with Crippen LogP contribution in [0.5, 0.6) is 5.75 Å². The van der Waals surface area contributed by atoms with Crippen LogP contribution in [0.25, 0.3) is 11.3 Å². The molecule has 0 aliphatic carbocycles. The largest absolute Gasteiger partial charge is 0.483 e. The predicted octanol–water partition coefficient (Wildman–Crippen LogP) is 5.10. The van der Waals surface area contributed by atoms with Gasteiger partial charge in [-0.15, -0.1) is 11.3 Å². The molecule has 1 N–H and O–H groups in total. The molecule has 0 saturated heterocycles. The first-order valence-electron chi connectivity index (χ1n) is 7.74. The Hall–Kier alpha value is -2.37. The van der Waals surface area contributed by atoms with E-state index in [4.69, 9.17) is 16.3 Å². The van der Waals surface area contributed by atoms with Crippen LogP contribution in [0.4, 0.5) is 5.13 Å². The zero-order valence-corrected chi connectivity index (χ0v) is 15.4. The van der Waals surface area contributed by atoms with Gasteiger partial charge in [0.1, 0.15) is 5.75 Å². The zero-order chi connectivity index (χ0) is 17.8. The number of nitrogens with one attached hydrogen (secondary N) is 1. The lowest BCUT2D eigenvalue weighted by Crippen LogP contribution is -2.20. The van der Waals surface area contributed by atoms with Gasteiger partial charge in [-0.1, -0.05) is 48.0 Å². The number of benzene rings is 2. The zero-order valence-electron chi connectivity index (χ0n) is 13.9. The molecule has 2 aromatic carbocycles. The van der Waals surface area contributed by atoms with E-state index >= 15 is 0 Å². The van der Waals surface area contributed by atoms with Crippen LogP contribution < -0.4 is 10.1 Å². The van der Waals surface area contributed by atoms with Crippen LogP contribution >= 0.6 is 22.9 Å². The summed E-state index contributed by atoms with van der Waals surface area (Å²) in [7, 11) is 0. The first-order chi connectivity index (χ1) is 12.0. The summed E-state index contributed by atoms with van der Waals surface area (Å²) in [5.74, 6) is 0.497.